The average Bonchev–Trinajstić information content (AvgIpc) is 3.57. The number of halogens is 3. The fraction of sp³-hybridized carbons (Fsp3) is 0.500. The summed E-state index contributed by atoms with van der Waals surface area (Å²) in [7, 11) is 2.56. The minimum Gasteiger partial charge on any atom is -0.505 e. The highest BCUT2D eigenvalue weighted by atomic mass is 32.2. The Morgan fingerprint density at radius 2 is 1.85 bits per heavy atom. The van der Waals surface area contributed by atoms with E-state index in [0.29, 0.717) is 18.2 Å². The molecular weight excluding hydrogens is 535 g/mol. The van der Waals surface area contributed by atoms with Gasteiger partial charge in [-0.05, 0) is 62.3 Å². The van der Waals surface area contributed by atoms with Crippen LogP contribution in [-0.4, -0.2) is 45.9 Å². The zero-order chi connectivity index (χ0) is 28.5. The highest BCUT2D eigenvalue weighted by Gasteiger charge is 2.38. The second kappa shape index (κ2) is 11.0. The van der Waals surface area contributed by atoms with Gasteiger partial charge in [0.2, 0.25) is 0 Å². The van der Waals surface area contributed by atoms with Crippen molar-refractivity contribution in [1.29, 1.82) is 0 Å². The summed E-state index contributed by atoms with van der Waals surface area (Å²) in [5.41, 5.74) is -2.19. The normalized spacial score (nSPS) is 19.4. The third kappa shape index (κ3) is 6.45. The number of nitrogens with one attached hydrogen (secondary N) is 2. The van der Waals surface area contributed by atoms with Crippen LogP contribution in [0.5, 0.6) is 5.75 Å². The number of hydrogen-bond acceptors (Lipinski definition) is 6. The Morgan fingerprint density at radius 3 is 2.44 bits per heavy atom. The Morgan fingerprint density at radius 1 is 1.18 bits per heavy atom. The van der Waals surface area contributed by atoms with Crippen LogP contribution >= 0.6 is 0 Å². The lowest BCUT2D eigenvalue weighted by molar-refractivity contribution is -0.138. The number of benzene rings is 1. The molecule has 2 atom stereocenters. The molecule has 2 aromatic rings. The van der Waals surface area contributed by atoms with Crippen LogP contribution in [0.4, 0.5) is 18.9 Å². The molecule has 1 saturated carbocycles. The molecule has 0 spiro atoms. The summed E-state index contributed by atoms with van der Waals surface area (Å²) in [6, 6.07) is 5.03. The van der Waals surface area contributed by atoms with Crippen molar-refractivity contribution >= 4 is 34.4 Å². The zero-order valence-electron chi connectivity index (χ0n) is 22.2. The van der Waals surface area contributed by atoms with Gasteiger partial charge in [0.1, 0.15) is 11.5 Å². The predicted octanol–water partition coefficient (Wildman–Crippen LogP) is 5.51. The summed E-state index contributed by atoms with van der Waals surface area (Å²) >= 11 is -2.00. The van der Waals surface area contributed by atoms with E-state index in [9.17, 15) is 27.3 Å². The maximum absolute atomic E-state index is 13.6. The summed E-state index contributed by atoms with van der Waals surface area (Å²) in [6.45, 7) is 4.09. The van der Waals surface area contributed by atoms with E-state index in [1.54, 1.807) is 0 Å². The molecule has 0 bridgehead atoms. The second-order valence-electron chi connectivity index (χ2n) is 10.5. The number of carbonyl (C=O) groups excluding carboxylic acids is 1. The zero-order valence-corrected chi connectivity index (χ0v) is 23.0. The summed E-state index contributed by atoms with van der Waals surface area (Å²) in [6.07, 6.45) is 1.38. The molecule has 212 valence electrons. The first-order valence-corrected chi connectivity index (χ1v) is 13.7. The molecule has 1 aliphatic heterocycles. The van der Waals surface area contributed by atoms with Gasteiger partial charge in [-0.3, -0.25) is 4.79 Å². The van der Waals surface area contributed by atoms with Crippen molar-refractivity contribution in [2.75, 3.05) is 19.4 Å². The van der Waals surface area contributed by atoms with Crippen LogP contribution in [0.3, 0.4) is 0 Å². The van der Waals surface area contributed by atoms with Crippen LogP contribution in [0.25, 0.3) is 0 Å². The predicted molar refractivity (Wildman–Crippen MR) is 143 cm³/mol. The molecule has 13 heteroatoms. The molecule has 1 aromatic heterocycles. The van der Waals surface area contributed by atoms with Gasteiger partial charge in [-0.25, -0.2) is 4.21 Å². The van der Waals surface area contributed by atoms with E-state index in [0.717, 1.165) is 36.0 Å². The molecule has 4 rings (SSSR count). The van der Waals surface area contributed by atoms with Crippen LogP contribution in [0.15, 0.2) is 37.5 Å². The number of aryl methyl sites for hydroxylation is 1. The minimum atomic E-state index is -4.87. The number of phenolic OH excluding ortho intramolecular Hbond substituents is 1. The van der Waals surface area contributed by atoms with Gasteiger partial charge < -0.3 is 25.1 Å². The first-order valence-electron chi connectivity index (χ1n) is 12.6. The smallest absolute Gasteiger partial charge is 0.417 e. The molecule has 1 fully saturated rings. The quantitative estimate of drug-likeness (QED) is 0.380. The van der Waals surface area contributed by atoms with E-state index in [2.05, 4.69) is 26.4 Å². The number of furan rings is 1. The number of hydrogen-bond donors (Lipinski definition) is 3. The van der Waals surface area contributed by atoms with Gasteiger partial charge >= 0.3 is 6.18 Å². The van der Waals surface area contributed by atoms with Gasteiger partial charge in [-0.1, -0.05) is 19.8 Å². The minimum absolute atomic E-state index is 0.0491. The van der Waals surface area contributed by atoms with Crippen molar-refractivity contribution in [3.63, 3.8) is 0 Å². The van der Waals surface area contributed by atoms with Crippen molar-refractivity contribution in [2.45, 2.75) is 64.6 Å². The van der Waals surface area contributed by atoms with Crippen LogP contribution in [0.2, 0.25) is 0 Å². The molecule has 0 radical (unpaired) electrons. The summed E-state index contributed by atoms with van der Waals surface area (Å²) in [4.78, 5) is 13.5. The number of rotatable bonds is 7. The molecule has 1 amide bonds. The molecule has 9 nitrogen and oxygen atoms in total. The van der Waals surface area contributed by atoms with E-state index in [1.165, 1.54) is 26.9 Å². The lowest BCUT2D eigenvalue weighted by Gasteiger charge is -2.27. The van der Waals surface area contributed by atoms with Crippen LogP contribution in [0.1, 0.15) is 78.9 Å². The topological polar surface area (TPSA) is 120 Å². The average molecular weight is 568 g/mol. The fourth-order valence-electron chi connectivity index (χ4n) is 5.00. The number of anilines is 1. The first-order chi connectivity index (χ1) is 18.3. The largest absolute Gasteiger partial charge is 0.505 e. The fourth-order valence-corrected chi connectivity index (χ4v) is 5.62. The molecule has 2 aliphatic rings. The second-order valence-corrected chi connectivity index (χ2v) is 11.3. The molecule has 39 heavy (non-hydrogen) atoms. The van der Waals surface area contributed by atoms with Crippen molar-refractivity contribution in [2.24, 2.45) is 14.2 Å². The van der Waals surface area contributed by atoms with Crippen molar-refractivity contribution in [3.8, 4) is 5.75 Å². The lowest BCUT2D eigenvalue weighted by atomic mass is 9.82. The van der Waals surface area contributed by atoms with Crippen LogP contribution < -0.4 is 10.6 Å². The Balaban J connectivity index is 1.61. The molecule has 2 unspecified atom stereocenters. The third-order valence-electron chi connectivity index (χ3n) is 7.18. The first kappa shape index (κ1) is 28.7. The number of carbonyl (C=O) groups is 1. The maximum Gasteiger partial charge on any atom is 0.417 e. The summed E-state index contributed by atoms with van der Waals surface area (Å²) in [5.74, 6) is -0.502. The van der Waals surface area contributed by atoms with Crippen LogP contribution in [0, 0.1) is 12.3 Å². The number of nitrogens with zero attached hydrogens (tertiary/aromatic N) is 3. The number of amidine groups is 2. The van der Waals surface area contributed by atoms with E-state index in [1.807, 2.05) is 19.1 Å². The van der Waals surface area contributed by atoms with Gasteiger partial charge in [0.25, 0.3) is 17.1 Å². The molecule has 3 N–H and O–H groups in total. The number of alkyl halides is 3. The highest BCUT2D eigenvalue weighted by Crippen LogP contribution is 2.43. The molecule has 1 aliphatic carbocycles. The molecule has 1 aromatic carbocycles. The van der Waals surface area contributed by atoms with Crippen LogP contribution in [-0.2, 0) is 17.3 Å². The van der Waals surface area contributed by atoms with Crippen molar-refractivity contribution in [1.82, 2.24) is 10.2 Å². The number of phenols is 1. The van der Waals surface area contributed by atoms with Gasteiger partial charge in [0.15, 0.2) is 17.4 Å². The Kier molecular flexibility index (Phi) is 8.10. The van der Waals surface area contributed by atoms with Gasteiger partial charge in [-0.2, -0.15) is 13.2 Å². The Labute approximate surface area is 227 Å². The number of aromatic hydroxyl groups is 1. The van der Waals surface area contributed by atoms with Crippen molar-refractivity contribution in [3.05, 3.63) is 46.9 Å². The summed E-state index contributed by atoms with van der Waals surface area (Å²) < 4.78 is 67.0. The van der Waals surface area contributed by atoms with E-state index < -0.39 is 40.1 Å². The Bertz CT molecular complexity index is 1330. The SMILES string of the molecule is Cc1ccc(C(CCC2(C)CCCC2)NC2=NS(=O)N=C2Nc2ccc(C(F)(F)F)c(C(=O)N(C)C)c2O)o1. The maximum atomic E-state index is 13.6. The third-order valence-corrected chi connectivity index (χ3v) is 7.86. The highest BCUT2D eigenvalue weighted by molar-refractivity contribution is 7.83. The monoisotopic (exact) mass is 567 g/mol. The molecule has 2 heterocycles. The van der Waals surface area contributed by atoms with E-state index >= 15 is 0 Å². The van der Waals surface area contributed by atoms with Gasteiger partial charge in [-0.15, -0.1) is 8.80 Å². The van der Waals surface area contributed by atoms with Crippen molar-refractivity contribution < 1.29 is 31.7 Å². The number of amides is 1. The van der Waals surface area contributed by atoms with E-state index in [-0.39, 0.29) is 28.8 Å². The molecular formula is C26H32F3N5O4S. The Hall–Kier alpha value is -3.35. The lowest BCUT2D eigenvalue weighted by Crippen LogP contribution is -2.37. The standard InChI is InChI=1S/C26H32F3N5O4S/c1-15-7-10-19(38-15)17(11-14-25(2)12-5-6-13-25)30-22-23(33-39(37)32-22)31-18-9-8-16(26(27,28)29)20(21(18)35)24(36)34(3)4/h7-10,17,35H,5-6,11-14H2,1-4H3,(H,30,32)(H,31,33). The van der Waals surface area contributed by atoms with E-state index in [4.69, 9.17) is 4.42 Å². The van der Waals surface area contributed by atoms with Gasteiger partial charge in [0.05, 0.1) is 22.9 Å². The van der Waals surface area contributed by atoms with Gasteiger partial charge in [0, 0.05) is 14.1 Å². The summed E-state index contributed by atoms with van der Waals surface area (Å²) in [5, 5.41) is 16.7. The molecule has 0 saturated heterocycles.